The minimum atomic E-state index is -0.891. The number of rotatable bonds is 3. The van der Waals surface area contributed by atoms with Gasteiger partial charge in [-0.15, -0.1) is 0 Å². The second kappa shape index (κ2) is 5.05. The van der Waals surface area contributed by atoms with Gasteiger partial charge < -0.3 is 5.11 Å². The molecule has 4 heteroatoms. The highest BCUT2D eigenvalue weighted by atomic mass is 35.5. The van der Waals surface area contributed by atoms with E-state index in [1.807, 2.05) is 20.8 Å². The molecule has 0 saturated heterocycles. The summed E-state index contributed by atoms with van der Waals surface area (Å²) in [4.78, 5) is 11.2. The van der Waals surface area contributed by atoms with E-state index in [9.17, 15) is 14.3 Å². The molecule has 0 bridgehead atoms. The first-order valence-corrected chi connectivity index (χ1v) is 5.76. The van der Waals surface area contributed by atoms with Gasteiger partial charge in [-0.1, -0.05) is 32.4 Å². The monoisotopic (exact) mass is 258 g/mol. The van der Waals surface area contributed by atoms with Crippen molar-refractivity contribution in [1.82, 2.24) is 0 Å². The summed E-state index contributed by atoms with van der Waals surface area (Å²) in [6, 6.07) is 4.01. The highest BCUT2D eigenvalue weighted by Gasteiger charge is 2.31. The van der Waals surface area contributed by atoms with Crippen molar-refractivity contribution >= 4 is 17.6 Å². The van der Waals surface area contributed by atoms with Gasteiger partial charge in [-0.2, -0.15) is 0 Å². The molecule has 17 heavy (non-hydrogen) atoms. The molecular weight excluding hydrogens is 243 g/mol. The maximum absolute atomic E-state index is 13.1. The van der Waals surface area contributed by atoms with E-state index >= 15 is 0 Å². The molecule has 0 aliphatic carbocycles. The van der Waals surface area contributed by atoms with Crippen LogP contribution in [0.3, 0.4) is 0 Å². The molecule has 2 nitrogen and oxygen atoms in total. The Morgan fingerprint density at radius 1 is 1.47 bits per heavy atom. The van der Waals surface area contributed by atoms with Gasteiger partial charge in [0.05, 0.1) is 5.92 Å². The lowest BCUT2D eigenvalue weighted by Crippen LogP contribution is -2.30. The Balaban J connectivity index is 3.02. The smallest absolute Gasteiger partial charge is 0.307 e. The van der Waals surface area contributed by atoms with Gasteiger partial charge in [0.15, 0.2) is 0 Å². The van der Waals surface area contributed by atoms with Gasteiger partial charge in [0, 0.05) is 5.02 Å². The molecule has 0 spiro atoms. The molecule has 1 rings (SSSR count). The number of hydrogen-bond donors (Lipinski definition) is 1. The summed E-state index contributed by atoms with van der Waals surface area (Å²) >= 11 is 5.94. The minimum absolute atomic E-state index is 0.232. The van der Waals surface area contributed by atoms with E-state index in [0.29, 0.717) is 10.6 Å². The highest BCUT2D eigenvalue weighted by molar-refractivity contribution is 6.31. The number of halogens is 2. The standard InChI is InChI=1S/C13H16ClFO2/c1-13(2,3)10(12(16)17)7-8-6-9(15)4-5-11(8)14/h4-6,10H,7H2,1-3H3,(H,16,17). The summed E-state index contributed by atoms with van der Waals surface area (Å²) in [5, 5.41) is 9.60. The lowest BCUT2D eigenvalue weighted by Gasteiger charge is -2.27. The molecule has 0 aromatic heterocycles. The van der Waals surface area contributed by atoms with Crippen LogP contribution in [0.1, 0.15) is 26.3 Å². The Morgan fingerprint density at radius 3 is 2.53 bits per heavy atom. The molecule has 0 radical (unpaired) electrons. The lowest BCUT2D eigenvalue weighted by molar-refractivity contribution is -0.145. The lowest BCUT2D eigenvalue weighted by atomic mass is 9.77. The third kappa shape index (κ3) is 3.70. The zero-order valence-corrected chi connectivity index (χ0v) is 10.9. The average Bonchev–Trinajstić information content (AvgIpc) is 2.17. The summed E-state index contributed by atoms with van der Waals surface area (Å²) in [5.74, 6) is -1.89. The van der Waals surface area contributed by atoms with E-state index in [2.05, 4.69) is 0 Å². The van der Waals surface area contributed by atoms with Crippen molar-refractivity contribution in [2.45, 2.75) is 27.2 Å². The van der Waals surface area contributed by atoms with Crippen LogP contribution in [0.15, 0.2) is 18.2 Å². The summed E-state index contributed by atoms with van der Waals surface area (Å²) in [7, 11) is 0. The van der Waals surface area contributed by atoms with Crippen molar-refractivity contribution in [3.63, 3.8) is 0 Å². The molecular formula is C13H16ClFO2. The highest BCUT2D eigenvalue weighted by Crippen LogP contribution is 2.31. The van der Waals surface area contributed by atoms with E-state index in [0.717, 1.165) is 0 Å². The molecule has 1 aromatic rings. The Hall–Kier alpha value is -1.09. The molecule has 0 saturated carbocycles. The number of hydrogen-bond acceptors (Lipinski definition) is 1. The zero-order valence-electron chi connectivity index (χ0n) is 10.1. The first-order chi connectivity index (χ1) is 7.71. The zero-order chi connectivity index (χ0) is 13.2. The molecule has 1 unspecified atom stereocenters. The van der Waals surface area contributed by atoms with E-state index in [1.54, 1.807) is 0 Å². The second-order valence-electron chi connectivity index (χ2n) is 5.20. The third-order valence-corrected chi connectivity index (χ3v) is 3.14. The van der Waals surface area contributed by atoms with E-state index < -0.39 is 23.1 Å². The van der Waals surface area contributed by atoms with Crippen LogP contribution >= 0.6 is 11.6 Å². The molecule has 0 fully saturated rings. The van der Waals surface area contributed by atoms with Crippen molar-refractivity contribution in [3.05, 3.63) is 34.6 Å². The minimum Gasteiger partial charge on any atom is -0.481 e. The molecule has 1 atom stereocenters. The van der Waals surface area contributed by atoms with Crippen molar-refractivity contribution in [2.24, 2.45) is 11.3 Å². The van der Waals surface area contributed by atoms with E-state index in [1.165, 1.54) is 18.2 Å². The van der Waals surface area contributed by atoms with Crippen LogP contribution in [0.4, 0.5) is 4.39 Å². The predicted octanol–water partition coefficient (Wildman–Crippen LogP) is 3.77. The summed E-state index contributed by atoms with van der Waals surface area (Å²) in [6.45, 7) is 5.54. The van der Waals surface area contributed by atoms with Crippen LogP contribution in [-0.4, -0.2) is 11.1 Å². The van der Waals surface area contributed by atoms with Gasteiger partial charge in [0.2, 0.25) is 0 Å². The van der Waals surface area contributed by atoms with Crippen LogP contribution in [0.2, 0.25) is 5.02 Å². The molecule has 1 aromatic carbocycles. The summed E-state index contributed by atoms with van der Waals surface area (Å²) < 4.78 is 13.1. The van der Waals surface area contributed by atoms with Crippen molar-refractivity contribution < 1.29 is 14.3 Å². The number of carboxylic acid groups (broad SMARTS) is 1. The van der Waals surface area contributed by atoms with Crippen LogP contribution in [0.25, 0.3) is 0 Å². The van der Waals surface area contributed by atoms with Crippen molar-refractivity contribution in [3.8, 4) is 0 Å². The SMILES string of the molecule is CC(C)(C)C(Cc1cc(F)ccc1Cl)C(=O)O. The Bertz CT molecular complexity index is 424. The van der Waals surface area contributed by atoms with Gasteiger partial charge in [-0.25, -0.2) is 4.39 Å². The first-order valence-electron chi connectivity index (χ1n) is 5.38. The Morgan fingerprint density at radius 2 is 2.06 bits per heavy atom. The molecule has 0 heterocycles. The van der Waals surface area contributed by atoms with Crippen LogP contribution < -0.4 is 0 Å². The van der Waals surface area contributed by atoms with Crippen molar-refractivity contribution in [2.75, 3.05) is 0 Å². The Kier molecular flexibility index (Phi) is 4.15. The van der Waals surface area contributed by atoms with Crippen molar-refractivity contribution in [1.29, 1.82) is 0 Å². The first kappa shape index (κ1) is 14.0. The van der Waals surface area contributed by atoms with Crippen LogP contribution in [0, 0.1) is 17.2 Å². The molecule has 0 amide bonds. The number of carbonyl (C=O) groups is 1. The number of carboxylic acids is 1. The van der Waals surface area contributed by atoms with Gasteiger partial charge in [-0.05, 0) is 35.6 Å². The molecule has 0 aliphatic heterocycles. The van der Waals surface area contributed by atoms with Crippen LogP contribution in [-0.2, 0) is 11.2 Å². The average molecular weight is 259 g/mol. The normalized spacial score (nSPS) is 13.5. The molecule has 0 aliphatic rings. The number of aliphatic carboxylic acids is 1. The largest absolute Gasteiger partial charge is 0.481 e. The van der Waals surface area contributed by atoms with Gasteiger partial charge in [0.25, 0.3) is 0 Å². The van der Waals surface area contributed by atoms with Gasteiger partial charge in [0.1, 0.15) is 5.82 Å². The fraction of sp³-hybridized carbons (Fsp3) is 0.462. The van der Waals surface area contributed by atoms with Gasteiger partial charge >= 0.3 is 5.97 Å². The van der Waals surface area contributed by atoms with Crippen LogP contribution in [0.5, 0.6) is 0 Å². The second-order valence-corrected chi connectivity index (χ2v) is 5.60. The summed E-state index contributed by atoms with van der Waals surface area (Å²) in [6.07, 6.45) is 0.232. The fourth-order valence-corrected chi connectivity index (χ4v) is 1.88. The maximum atomic E-state index is 13.1. The fourth-order valence-electron chi connectivity index (χ4n) is 1.68. The van der Waals surface area contributed by atoms with E-state index in [-0.39, 0.29) is 6.42 Å². The third-order valence-electron chi connectivity index (χ3n) is 2.78. The predicted molar refractivity (Wildman–Crippen MR) is 65.7 cm³/mol. The number of benzene rings is 1. The summed E-state index contributed by atoms with van der Waals surface area (Å²) in [5.41, 5.74) is 0.135. The van der Waals surface area contributed by atoms with Gasteiger partial charge in [-0.3, -0.25) is 4.79 Å². The quantitative estimate of drug-likeness (QED) is 0.896. The van der Waals surface area contributed by atoms with E-state index in [4.69, 9.17) is 11.6 Å². The topological polar surface area (TPSA) is 37.3 Å². The maximum Gasteiger partial charge on any atom is 0.307 e. The Labute approximate surface area is 105 Å². The molecule has 94 valence electrons. The molecule has 1 N–H and O–H groups in total.